The number of nitriles is 1. The Morgan fingerprint density at radius 3 is 2.67 bits per heavy atom. The molecule has 0 unspecified atom stereocenters. The summed E-state index contributed by atoms with van der Waals surface area (Å²) in [6, 6.07) is 10.9. The normalized spacial score (nSPS) is 15.7. The third-order valence-electron chi connectivity index (χ3n) is 4.30. The highest BCUT2D eigenvalue weighted by molar-refractivity contribution is 7.90. The third-order valence-corrected chi connectivity index (χ3v) is 5.73. The van der Waals surface area contributed by atoms with E-state index in [9.17, 15) is 23.1 Å². The topological polar surface area (TPSA) is 137 Å². The fraction of sp³-hybridized carbons (Fsp3) is 0.0952. The minimum absolute atomic E-state index is 0.0679. The molecule has 1 aliphatic rings. The smallest absolute Gasteiger partial charge is 0.264 e. The van der Waals surface area contributed by atoms with Gasteiger partial charge in [0.1, 0.15) is 28.9 Å². The van der Waals surface area contributed by atoms with Crippen LogP contribution in [0, 0.1) is 11.3 Å². The summed E-state index contributed by atoms with van der Waals surface area (Å²) < 4.78 is 32.0. The first-order valence-corrected chi connectivity index (χ1v) is 10.1. The predicted molar refractivity (Wildman–Crippen MR) is 107 cm³/mol. The van der Waals surface area contributed by atoms with Crippen molar-refractivity contribution >= 4 is 27.8 Å². The van der Waals surface area contributed by atoms with Crippen LogP contribution >= 0.6 is 0 Å². The number of rotatable bonds is 4. The van der Waals surface area contributed by atoms with Gasteiger partial charge in [-0.2, -0.15) is 5.26 Å². The molecule has 0 spiro atoms. The number of benzene rings is 1. The van der Waals surface area contributed by atoms with Crippen LogP contribution in [0.15, 0.2) is 74.3 Å². The first-order valence-electron chi connectivity index (χ1n) is 8.64. The number of sulfonamides is 1. The average Bonchev–Trinajstić information content (AvgIpc) is 3.13. The van der Waals surface area contributed by atoms with E-state index in [2.05, 4.69) is 0 Å². The second kappa shape index (κ2) is 7.85. The molecule has 3 rings (SSSR count). The van der Waals surface area contributed by atoms with Crippen LogP contribution in [0.5, 0.6) is 0 Å². The highest BCUT2D eigenvalue weighted by Gasteiger charge is 2.23. The van der Waals surface area contributed by atoms with E-state index in [0.29, 0.717) is 22.7 Å². The van der Waals surface area contributed by atoms with Gasteiger partial charge in [0.05, 0.1) is 4.90 Å². The van der Waals surface area contributed by atoms with Crippen LogP contribution in [0.2, 0.25) is 0 Å². The number of nitrogens with one attached hydrogen (secondary N) is 1. The van der Waals surface area contributed by atoms with Crippen LogP contribution in [0.4, 0.5) is 0 Å². The van der Waals surface area contributed by atoms with Gasteiger partial charge in [-0.15, -0.1) is 0 Å². The highest BCUT2D eigenvalue weighted by atomic mass is 32.2. The van der Waals surface area contributed by atoms with Gasteiger partial charge in [0, 0.05) is 24.1 Å². The molecule has 0 saturated heterocycles. The minimum Gasteiger partial charge on any atom is -0.507 e. The molecule has 1 aliphatic carbocycles. The molecule has 0 aliphatic heterocycles. The molecule has 1 amide bonds. The van der Waals surface area contributed by atoms with E-state index in [1.54, 1.807) is 25.1 Å². The molecule has 0 bridgehead atoms. The summed E-state index contributed by atoms with van der Waals surface area (Å²) in [6.45, 7) is 2.65. The molecule has 8 nitrogen and oxygen atoms in total. The second-order valence-corrected chi connectivity index (χ2v) is 8.14. The Morgan fingerprint density at radius 2 is 2.00 bits per heavy atom. The van der Waals surface area contributed by atoms with Gasteiger partial charge in [-0.1, -0.05) is 12.1 Å². The number of aliphatic hydroxyl groups is 1. The summed E-state index contributed by atoms with van der Waals surface area (Å²) in [5.41, 5.74) is 0.981. The van der Waals surface area contributed by atoms with Crippen LogP contribution in [-0.2, 0) is 19.6 Å². The van der Waals surface area contributed by atoms with E-state index < -0.39 is 21.7 Å². The fourth-order valence-electron chi connectivity index (χ4n) is 2.90. The number of amides is 1. The molecule has 0 saturated carbocycles. The van der Waals surface area contributed by atoms with Crippen molar-refractivity contribution in [1.82, 2.24) is 4.72 Å². The van der Waals surface area contributed by atoms with Gasteiger partial charge in [-0.25, -0.2) is 13.1 Å². The molecular weight excluding hydrogens is 408 g/mol. The molecule has 1 aromatic heterocycles. The van der Waals surface area contributed by atoms with Crippen LogP contribution in [0.1, 0.15) is 19.6 Å². The van der Waals surface area contributed by atoms with E-state index in [1.165, 1.54) is 24.3 Å². The van der Waals surface area contributed by atoms with Gasteiger partial charge in [0.15, 0.2) is 5.78 Å². The number of carbonyl (C=O) groups is 2. The van der Waals surface area contributed by atoms with Crippen LogP contribution in [-0.4, -0.2) is 25.2 Å². The molecule has 1 heterocycles. The van der Waals surface area contributed by atoms with Crippen molar-refractivity contribution in [3.05, 3.63) is 70.7 Å². The number of ketones is 1. The zero-order valence-electron chi connectivity index (χ0n) is 16.0. The van der Waals surface area contributed by atoms with E-state index in [1.807, 2.05) is 10.8 Å². The number of hydrogen-bond donors (Lipinski definition) is 2. The van der Waals surface area contributed by atoms with Crippen molar-refractivity contribution in [1.29, 1.82) is 5.26 Å². The lowest BCUT2D eigenvalue weighted by molar-refractivity contribution is -0.117. The third kappa shape index (κ3) is 4.09. The molecular formula is C21H16N2O6S. The zero-order chi connectivity index (χ0) is 22.1. The summed E-state index contributed by atoms with van der Waals surface area (Å²) in [4.78, 5) is 22.8. The van der Waals surface area contributed by atoms with Gasteiger partial charge in [0.2, 0.25) is 5.91 Å². The first-order chi connectivity index (χ1) is 14.1. The van der Waals surface area contributed by atoms with Crippen LogP contribution < -0.4 is 4.72 Å². The van der Waals surface area contributed by atoms with E-state index >= 15 is 0 Å². The van der Waals surface area contributed by atoms with Crippen LogP contribution in [0.25, 0.3) is 17.4 Å². The average molecular weight is 424 g/mol. The SMILES string of the molecule is CC(=O)NS(=O)(=O)c1cccc(-c2ccc(/C=C3\C(O)=CC(=O)C(C#N)=C3C)o2)c1. The van der Waals surface area contributed by atoms with Gasteiger partial charge in [-0.05, 0) is 42.8 Å². The summed E-state index contributed by atoms with van der Waals surface area (Å²) in [6.07, 6.45) is 2.45. The number of aliphatic hydroxyl groups excluding tert-OH is 1. The molecule has 30 heavy (non-hydrogen) atoms. The van der Waals surface area contributed by atoms with Gasteiger partial charge in [-0.3, -0.25) is 9.59 Å². The van der Waals surface area contributed by atoms with Crippen molar-refractivity contribution in [3.8, 4) is 17.4 Å². The molecule has 2 aromatic rings. The van der Waals surface area contributed by atoms with Crippen molar-refractivity contribution in [2.24, 2.45) is 0 Å². The lowest BCUT2D eigenvalue weighted by atomic mass is 9.91. The van der Waals surface area contributed by atoms with Crippen molar-refractivity contribution < 1.29 is 27.5 Å². The zero-order valence-corrected chi connectivity index (χ0v) is 16.8. The monoisotopic (exact) mass is 424 g/mol. The maximum atomic E-state index is 12.2. The van der Waals surface area contributed by atoms with E-state index in [0.717, 1.165) is 13.0 Å². The summed E-state index contributed by atoms with van der Waals surface area (Å²) in [5, 5.41) is 19.2. The Kier molecular flexibility index (Phi) is 5.45. The molecule has 2 N–H and O–H groups in total. The number of hydrogen-bond acceptors (Lipinski definition) is 7. The Bertz CT molecular complexity index is 1300. The fourth-order valence-corrected chi connectivity index (χ4v) is 3.94. The summed E-state index contributed by atoms with van der Waals surface area (Å²) in [5.74, 6) is -0.883. The van der Waals surface area contributed by atoms with E-state index in [4.69, 9.17) is 9.68 Å². The predicted octanol–water partition coefficient (Wildman–Crippen LogP) is 3.02. The molecule has 152 valence electrons. The first kappa shape index (κ1) is 20.8. The Balaban J connectivity index is 1.98. The van der Waals surface area contributed by atoms with Gasteiger partial charge in [0.25, 0.3) is 10.0 Å². The number of carbonyl (C=O) groups excluding carboxylic acids is 2. The Morgan fingerprint density at radius 1 is 1.27 bits per heavy atom. The van der Waals surface area contributed by atoms with Crippen LogP contribution in [0.3, 0.4) is 0 Å². The highest BCUT2D eigenvalue weighted by Crippen LogP contribution is 2.30. The summed E-state index contributed by atoms with van der Waals surface area (Å²) >= 11 is 0. The lowest BCUT2D eigenvalue weighted by Crippen LogP contribution is -2.28. The quantitative estimate of drug-likeness (QED) is 0.769. The molecule has 9 heteroatoms. The van der Waals surface area contributed by atoms with Gasteiger partial charge < -0.3 is 9.52 Å². The maximum Gasteiger partial charge on any atom is 0.264 e. The van der Waals surface area contributed by atoms with Crippen molar-refractivity contribution in [3.63, 3.8) is 0 Å². The van der Waals surface area contributed by atoms with Crippen molar-refractivity contribution in [2.75, 3.05) is 0 Å². The second-order valence-electron chi connectivity index (χ2n) is 6.46. The molecule has 0 atom stereocenters. The lowest BCUT2D eigenvalue weighted by Gasteiger charge is -2.13. The molecule has 1 aromatic carbocycles. The minimum atomic E-state index is -4.00. The standard InChI is InChI=1S/C21H16N2O6S/c1-12-17(19(25)10-20(26)18(12)11-22)9-15-6-7-21(29-15)14-4-3-5-16(8-14)30(27,28)23-13(2)24/h3-10,25H,1-2H3,(H,23,24)/b17-9-. The molecule has 0 radical (unpaired) electrons. The van der Waals surface area contributed by atoms with Crippen molar-refractivity contribution in [2.45, 2.75) is 18.7 Å². The largest absolute Gasteiger partial charge is 0.507 e. The van der Waals surface area contributed by atoms with E-state index in [-0.39, 0.29) is 21.8 Å². The molecule has 0 fully saturated rings. The number of nitrogens with zero attached hydrogens (tertiary/aromatic N) is 1. The number of allylic oxidation sites excluding steroid dienone is 3. The Hall–Kier alpha value is -3.90. The summed E-state index contributed by atoms with van der Waals surface area (Å²) in [7, 11) is -4.00. The van der Waals surface area contributed by atoms with Gasteiger partial charge >= 0.3 is 0 Å². The Labute approximate surface area is 172 Å². The maximum absolute atomic E-state index is 12.2. The number of furan rings is 1.